The highest BCUT2D eigenvalue weighted by Gasteiger charge is 2.27. The molecule has 2 aromatic carbocycles. The summed E-state index contributed by atoms with van der Waals surface area (Å²) >= 11 is 6.15. The zero-order valence-corrected chi connectivity index (χ0v) is 15.7. The Labute approximate surface area is 163 Å². The Morgan fingerprint density at radius 3 is 2.63 bits per heavy atom. The number of fused-ring (bicyclic) bond motifs is 1. The van der Waals surface area contributed by atoms with Crippen molar-refractivity contribution in [3.05, 3.63) is 94.4 Å². The normalized spacial score (nSPS) is 15.1. The molecule has 27 heavy (non-hydrogen) atoms. The van der Waals surface area contributed by atoms with Gasteiger partial charge in [0.25, 0.3) is 5.91 Å². The maximum Gasteiger partial charge on any atom is 0.252 e. The first-order valence-electron chi connectivity index (χ1n) is 9.09. The van der Waals surface area contributed by atoms with Crippen molar-refractivity contribution in [3.63, 3.8) is 0 Å². The summed E-state index contributed by atoms with van der Waals surface area (Å²) in [6.45, 7) is 2.22. The number of nitrogens with zero attached hydrogens (tertiary/aromatic N) is 1. The van der Waals surface area contributed by atoms with Gasteiger partial charge in [-0.15, -0.1) is 0 Å². The Hall–Kier alpha value is -2.56. The summed E-state index contributed by atoms with van der Waals surface area (Å²) in [7, 11) is 0. The van der Waals surface area contributed by atoms with Gasteiger partial charge < -0.3 is 9.73 Å². The molecule has 1 aliphatic rings. The fraction of sp³-hybridized carbons (Fsp3) is 0.227. The summed E-state index contributed by atoms with van der Waals surface area (Å²) in [5, 5.41) is 3.48. The minimum absolute atomic E-state index is 0.0280. The number of amides is 1. The summed E-state index contributed by atoms with van der Waals surface area (Å²) in [6, 6.07) is 19.4. The van der Waals surface area contributed by atoms with E-state index in [1.807, 2.05) is 24.3 Å². The molecular weight excluding hydrogens is 360 g/mol. The van der Waals surface area contributed by atoms with Crippen LogP contribution in [0, 0.1) is 0 Å². The lowest BCUT2D eigenvalue weighted by molar-refractivity contribution is 0.0919. The van der Waals surface area contributed by atoms with E-state index in [-0.39, 0.29) is 11.9 Å². The molecule has 0 fully saturated rings. The number of halogens is 1. The lowest BCUT2D eigenvalue weighted by Gasteiger charge is -2.34. The maximum atomic E-state index is 12.6. The van der Waals surface area contributed by atoms with E-state index in [2.05, 4.69) is 34.5 Å². The van der Waals surface area contributed by atoms with Crippen LogP contribution in [-0.4, -0.2) is 23.9 Å². The number of furan rings is 1. The molecule has 0 saturated carbocycles. The van der Waals surface area contributed by atoms with Crippen LogP contribution >= 0.6 is 11.6 Å². The number of carbonyl (C=O) groups is 1. The second kappa shape index (κ2) is 7.99. The van der Waals surface area contributed by atoms with Crippen LogP contribution in [-0.2, 0) is 13.0 Å². The quantitative estimate of drug-likeness (QED) is 0.710. The van der Waals surface area contributed by atoms with Gasteiger partial charge in [0.1, 0.15) is 5.76 Å². The van der Waals surface area contributed by atoms with Gasteiger partial charge in [-0.25, -0.2) is 0 Å². The molecule has 0 bridgehead atoms. The van der Waals surface area contributed by atoms with Crippen LogP contribution in [0.4, 0.5) is 0 Å². The van der Waals surface area contributed by atoms with Gasteiger partial charge in [0, 0.05) is 19.6 Å². The maximum absolute atomic E-state index is 12.6. The van der Waals surface area contributed by atoms with Crippen molar-refractivity contribution in [1.82, 2.24) is 10.2 Å². The van der Waals surface area contributed by atoms with Crippen LogP contribution in [0.5, 0.6) is 0 Å². The highest BCUT2D eigenvalue weighted by atomic mass is 35.5. The van der Waals surface area contributed by atoms with Crippen LogP contribution in [0.1, 0.15) is 33.3 Å². The predicted molar refractivity (Wildman–Crippen MR) is 106 cm³/mol. The van der Waals surface area contributed by atoms with E-state index < -0.39 is 0 Å². The summed E-state index contributed by atoms with van der Waals surface area (Å²) in [5.41, 5.74) is 3.21. The Bertz CT molecular complexity index is 924. The zero-order valence-electron chi connectivity index (χ0n) is 14.9. The van der Waals surface area contributed by atoms with Crippen molar-refractivity contribution in [1.29, 1.82) is 0 Å². The van der Waals surface area contributed by atoms with Crippen LogP contribution in [0.2, 0.25) is 5.02 Å². The Morgan fingerprint density at radius 2 is 1.85 bits per heavy atom. The number of nitrogens with one attached hydrogen (secondary N) is 1. The molecule has 2 heterocycles. The molecule has 4 rings (SSSR count). The van der Waals surface area contributed by atoms with Gasteiger partial charge in [0.15, 0.2) is 0 Å². The second-order valence-electron chi connectivity index (χ2n) is 6.71. The molecule has 0 spiro atoms. The number of hydrogen-bond acceptors (Lipinski definition) is 3. The minimum Gasteiger partial charge on any atom is -0.468 e. The van der Waals surface area contributed by atoms with Crippen molar-refractivity contribution in [2.45, 2.75) is 19.0 Å². The highest BCUT2D eigenvalue weighted by Crippen LogP contribution is 2.28. The number of hydrogen-bond donors (Lipinski definition) is 1. The third-order valence-corrected chi connectivity index (χ3v) is 5.38. The largest absolute Gasteiger partial charge is 0.468 e. The first-order valence-corrected chi connectivity index (χ1v) is 9.47. The van der Waals surface area contributed by atoms with E-state index >= 15 is 0 Å². The van der Waals surface area contributed by atoms with Gasteiger partial charge in [-0.2, -0.15) is 0 Å². The van der Waals surface area contributed by atoms with E-state index in [0.29, 0.717) is 17.1 Å². The summed E-state index contributed by atoms with van der Waals surface area (Å²) in [4.78, 5) is 14.9. The zero-order chi connectivity index (χ0) is 18.6. The van der Waals surface area contributed by atoms with Gasteiger partial charge >= 0.3 is 0 Å². The smallest absolute Gasteiger partial charge is 0.252 e. The lowest BCUT2D eigenvalue weighted by atomic mass is 9.98. The SMILES string of the molecule is O=C(NCC(c1ccco1)N1CCc2ccccc2C1)c1ccccc1Cl. The highest BCUT2D eigenvalue weighted by molar-refractivity contribution is 6.33. The lowest BCUT2D eigenvalue weighted by Crippen LogP contribution is -2.40. The molecule has 1 unspecified atom stereocenters. The molecular formula is C22H21ClN2O2. The third-order valence-electron chi connectivity index (χ3n) is 5.05. The van der Waals surface area contributed by atoms with Crippen molar-refractivity contribution in [2.75, 3.05) is 13.1 Å². The van der Waals surface area contributed by atoms with E-state index in [9.17, 15) is 4.79 Å². The Balaban J connectivity index is 1.51. The fourth-order valence-corrected chi connectivity index (χ4v) is 3.83. The summed E-state index contributed by atoms with van der Waals surface area (Å²) < 4.78 is 5.68. The topological polar surface area (TPSA) is 45.5 Å². The van der Waals surface area contributed by atoms with Gasteiger partial charge in [0.05, 0.1) is 22.9 Å². The van der Waals surface area contributed by atoms with Crippen LogP contribution < -0.4 is 5.32 Å². The number of rotatable bonds is 5. The molecule has 0 aliphatic carbocycles. The van der Waals surface area contributed by atoms with Crippen LogP contribution in [0.25, 0.3) is 0 Å². The predicted octanol–water partition coefficient (Wildman–Crippen LogP) is 4.46. The first kappa shape index (κ1) is 17.8. The molecule has 138 valence electrons. The van der Waals surface area contributed by atoms with Gasteiger partial charge in [-0.3, -0.25) is 9.69 Å². The van der Waals surface area contributed by atoms with Gasteiger partial charge in [-0.1, -0.05) is 48.0 Å². The standard InChI is InChI=1S/C22H21ClN2O2/c23-19-9-4-3-8-18(19)22(26)24-14-20(21-10-5-13-27-21)25-12-11-16-6-1-2-7-17(16)15-25/h1-10,13,20H,11-12,14-15H2,(H,24,26). The molecule has 4 nitrogen and oxygen atoms in total. The number of benzene rings is 2. The van der Waals surface area contributed by atoms with E-state index in [1.54, 1.807) is 18.4 Å². The van der Waals surface area contributed by atoms with Gasteiger partial charge in [-0.05, 0) is 41.8 Å². The number of carbonyl (C=O) groups excluding carboxylic acids is 1. The second-order valence-corrected chi connectivity index (χ2v) is 7.12. The molecule has 1 aliphatic heterocycles. The fourth-order valence-electron chi connectivity index (χ4n) is 3.60. The van der Waals surface area contributed by atoms with E-state index in [0.717, 1.165) is 25.3 Å². The Morgan fingerprint density at radius 1 is 1.07 bits per heavy atom. The van der Waals surface area contributed by atoms with Crippen LogP contribution in [0.15, 0.2) is 71.3 Å². The molecule has 5 heteroatoms. The molecule has 0 radical (unpaired) electrons. The third kappa shape index (κ3) is 3.92. The van der Waals surface area contributed by atoms with E-state index in [1.165, 1.54) is 11.1 Å². The molecule has 1 amide bonds. The van der Waals surface area contributed by atoms with Crippen molar-refractivity contribution in [3.8, 4) is 0 Å². The Kier molecular flexibility index (Phi) is 5.28. The molecule has 0 saturated heterocycles. The average molecular weight is 381 g/mol. The average Bonchev–Trinajstić information content (AvgIpc) is 3.23. The van der Waals surface area contributed by atoms with E-state index in [4.69, 9.17) is 16.0 Å². The van der Waals surface area contributed by atoms with Crippen LogP contribution in [0.3, 0.4) is 0 Å². The summed E-state index contributed by atoms with van der Waals surface area (Å²) in [6.07, 6.45) is 2.67. The summed E-state index contributed by atoms with van der Waals surface area (Å²) in [5.74, 6) is 0.684. The molecule has 1 aromatic heterocycles. The molecule has 3 aromatic rings. The monoisotopic (exact) mass is 380 g/mol. The van der Waals surface area contributed by atoms with Crippen molar-refractivity contribution < 1.29 is 9.21 Å². The first-order chi connectivity index (χ1) is 13.2. The van der Waals surface area contributed by atoms with Crippen molar-refractivity contribution in [2.24, 2.45) is 0 Å². The molecule has 1 atom stereocenters. The minimum atomic E-state index is -0.172. The van der Waals surface area contributed by atoms with Gasteiger partial charge in [0.2, 0.25) is 0 Å². The molecule has 1 N–H and O–H groups in total. The van der Waals surface area contributed by atoms with Crippen molar-refractivity contribution >= 4 is 17.5 Å².